The third kappa shape index (κ3) is 11.4. The van der Waals surface area contributed by atoms with Crippen molar-refractivity contribution >= 4 is 17.0 Å². The molecule has 0 rings (SSSR count). The molecule has 1 N–H and O–H groups in total. The van der Waals surface area contributed by atoms with Gasteiger partial charge in [0.15, 0.2) is 0 Å². The molecule has 54 valence electrons. The van der Waals surface area contributed by atoms with Gasteiger partial charge in [0.25, 0.3) is 0 Å². The molecular weight excluding hydrogens is 165 g/mol. The monoisotopic (exact) mass is 173 g/mol. The molecule has 1 unspecified atom stereocenters. The van der Waals surface area contributed by atoms with Crippen molar-refractivity contribution in [2.75, 3.05) is 12.3 Å². The van der Waals surface area contributed by atoms with Crippen molar-refractivity contribution in [1.82, 2.24) is 5.32 Å². The molecule has 1 amide bonds. The summed E-state index contributed by atoms with van der Waals surface area (Å²) in [5, 5.41) is 2.34. The fraction of sp³-hybridized carbons (Fsp3) is 0.750. The van der Waals surface area contributed by atoms with Gasteiger partial charge in [-0.15, -0.1) is 0 Å². The number of rotatable bonds is 3. The van der Waals surface area contributed by atoms with Gasteiger partial charge in [0, 0.05) is 19.2 Å². The number of nitrogens with one attached hydrogen (secondary N) is 1. The minimum atomic E-state index is -2.05. The first-order chi connectivity index (χ1) is 4.13. The summed E-state index contributed by atoms with van der Waals surface area (Å²) in [5.41, 5.74) is 0. The second-order valence-electron chi connectivity index (χ2n) is 1.49. The van der Waals surface area contributed by atoms with Crippen LogP contribution in [0.5, 0.6) is 0 Å². The topological polar surface area (TPSA) is 69.2 Å². The van der Waals surface area contributed by atoms with Crippen molar-refractivity contribution in [3.63, 3.8) is 0 Å². The molecule has 1 atom stereocenters. The third-order valence-corrected chi connectivity index (χ3v) is 1.18. The molecule has 0 radical (unpaired) electrons. The summed E-state index contributed by atoms with van der Waals surface area (Å²) >= 11 is -2.05. The summed E-state index contributed by atoms with van der Waals surface area (Å²) in [7, 11) is 0. The standard InChI is InChI=1S/C4H9NO3S.Na/c1-4(6)5-2-3-9(7)8;/h2-3H2,1H3,(H,5,6)(H,7,8);/q;+1/p-1. The van der Waals surface area contributed by atoms with Gasteiger partial charge in [0.2, 0.25) is 5.91 Å². The summed E-state index contributed by atoms with van der Waals surface area (Å²) < 4.78 is 19.7. The van der Waals surface area contributed by atoms with Crippen LogP contribution in [0.3, 0.4) is 0 Å². The second kappa shape index (κ2) is 7.68. The maximum Gasteiger partial charge on any atom is 1.00 e. The van der Waals surface area contributed by atoms with Crippen molar-refractivity contribution in [3.8, 4) is 0 Å². The van der Waals surface area contributed by atoms with Crippen molar-refractivity contribution in [2.45, 2.75) is 6.92 Å². The van der Waals surface area contributed by atoms with Crippen LogP contribution >= 0.6 is 0 Å². The second-order valence-corrected chi connectivity index (χ2v) is 2.51. The van der Waals surface area contributed by atoms with Crippen LogP contribution in [0.1, 0.15) is 6.92 Å². The smallest absolute Gasteiger partial charge is 0.772 e. The number of hydrogen-bond donors (Lipinski definition) is 1. The Morgan fingerprint density at radius 2 is 2.20 bits per heavy atom. The van der Waals surface area contributed by atoms with E-state index in [-0.39, 0.29) is 47.8 Å². The van der Waals surface area contributed by atoms with Crippen LogP contribution in [-0.4, -0.2) is 27.0 Å². The predicted octanol–water partition coefficient (Wildman–Crippen LogP) is -3.99. The molecule has 0 fully saturated rings. The fourth-order valence-corrected chi connectivity index (χ4v) is 0.579. The maximum absolute atomic E-state index is 10.1. The molecule has 0 heterocycles. The molecule has 0 spiro atoms. The molecule has 0 aliphatic heterocycles. The van der Waals surface area contributed by atoms with Crippen molar-refractivity contribution in [1.29, 1.82) is 0 Å². The minimum absolute atomic E-state index is 0. The van der Waals surface area contributed by atoms with Crippen LogP contribution < -0.4 is 34.9 Å². The van der Waals surface area contributed by atoms with Gasteiger partial charge in [-0.2, -0.15) is 0 Å². The van der Waals surface area contributed by atoms with Crippen LogP contribution in [-0.2, 0) is 15.9 Å². The summed E-state index contributed by atoms with van der Waals surface area (Å²) in [6, 6.07) is 0. The fourth-order valence-electron chi connectivity index (χ4n) is 0.310. The van der Waals surface area contributed by atoms with Crippen LogP contribution in [0.15, 0.2) is 0 Å². The van der Waals surface area contributed by atoms with Crippen LogP contribution in [0, 0.1) is 0 Å². The maximum atomic E-state index is 10.1. The van der Waals surface area contributed by atoms with Crippen LogP contribution in [0.4, 0.5) is 0 Å². The first-order valence-electron chi connectivity index (χ1n) is 2.43. The molecule has 0 aromatic heterocycles. The molecule has 6 heteroatoms. The summed E-state index contributed by atoms with van der Waals surface area (Å²) in [6.07, 6.45) is 0. The Labute approximate surface area is 84.3 Å². The van der Waals surface area contributed by atoms with Gasteiger partial charge in [0.05, 0.1) is 0 Å². The Morgan fingerprint density at radius 3 is 2.50 bits per heavy atom. The Hall–Kier alpha value is 0.580. The molecule has 0 aromatic carbocycles. The third-order valence-electron chi connectivity index (χ3n) is 0.643. The molecule has 0 bridgehead atoms. The van der Waals surface area contributed by atoms with Gasteiger partial charge < -0.3 is 9.87 Å². The average molecular weight is 173 g/mol. The normalized spacial score (nSPS) is 11.4. The van der Waals surface area contributed by atoms with E-state index in [1.807, 2.05) is 0 Å². The molecule has 0 saturated carbocycles. The number of hydrogen-bond acceptors (Lipinski definition) is 3. The van der Waals surface area contributed by atoms with E-state index in [1.54, 1.807) is 0 Å². The predicted molar refractivity (Wildman–Crippen MR) is 32.5 cm³/mol. The van der Waals surface area contributed by atoms with Gasteiger partial charge in [-0.05, 0) is 0 Å². The van der Waals surface area contributed by atoms with E-state index in [0.717, 1.165) is 0 Å². The zero-order chi connectivity index (χ0) is 7.28. The Balaban J connectivity index is 0. The van der Waals surface area contributed by atoms with E-state index in [1.165, 1.54) is 6.92 Å². The van der Waals surface area contributed by atoms with E-state index in [0.29, 0.717) is 0 Å². The molecule has 10 heavy (non-hydrogen) atoms. The van der Waals surface area contributed by atoms with E-state index < -0.39 is 11.1 Å². The molecular formula is C4H8NNaO3S. The Kier molecular flexibility index (Phi) is 10.1. The number of carbonyl (C=O) groups is 1. The first kappa shape index (κ1) is 13.2. The zero-order valence-electron chi connectivity index (χ0n) is 6.05. The summed E-state index contributed by atoms with van der Waals surface area (Å²) in [5.74, 6) is -0.222. The SMILES string of the molecule is CC(=O)NCCS(=O)[O-].[Na+]. The van der Waals surface area contributed by atoms with E-state index in [2.05, 4.69) is 5.32 Å². The average Bonchev–Trinajstić information content (AvgIpc) is 1.63. The van der Waals surface area contributed by atoms with Crippen molar-refractivity contribution < 1.29 is 43.1 Å². The molecule has 4 nitrogen and oxygen atoms in total. The molecule has 0 aliphatic rings. The van der Waals surface area contributed by atoms with Crippen LogP contribution in [0.25, 0.3) is 0 Å². The van der Waals surface area contributed by atoms with Gasteiger partial charge in [0.1, 0.15) is 0 Å². The van der Waals surface area contributed by atoms with E-state index in [9.17, 15) is 13.6 Å². The van der Waals surface area contributed by atoms with Gasteiger partial charge in [-0.25, -0.2) is 0 Å². The van der Waals surface area contributed by atoms with E-state index >= 15 is 0 Å². The number of amides is 1. The number of carbonyl (C=O) groups excluding carboxylic acids is 1. The van der Waals surface area contributed by atoms with Gasteiger partial charge in [-0.1, -0.05) is 11.1 Å². The largest absolute Gasteiger partial charge is 1.00 e. The molecule has 0 aromatic rings. The van der Waals surface area contributed by atoms with Crippen molar-refractivity contribution in [3.05, 3.63) is 0 Å². The Bertz CT molecular complexity index is 116. The van der Waals surface area contributed by atoms with Crippen LogP contribution in [0.2, 0.25) is 0 Å². The Morgan fingerprint density at radius 1 is 1.70 bits per heavy atom. The van der Waals surface area contributed by atoms with Gasteiger partial charge >= 0.3 is 29.6 Å². The minimum Gasteiger partial charge on any atom is -0.772 e. The zero-order valence-corrected chi connectivity index (χ0v) is 8.86. The summed E-state index contributed by atoms with van der Waals surface area (Å²) in [6.45, 7) is 1.54. The molecule has 0 saturated heterocycles. The first-order valence-corrected chi connectivity index (χ1v) is 3.67. The van der Waals surface area contributed by atoms with E-state index in [4.69, 9.17) is 0 Å². The van der Waals surface area contributed by atoms with Crippen molar-refractivity contribution in [2.24, 2.45) is 0 Å². The van der Waals surface area contributed by atoms with Gasteiger partial charge in [-0.3, -0.25) is 9.00 Å². The summed E-state index contributed by atoms with van der Waals surface area (Å²) in [4.78, 5) is 10.1. The quantitative estimate of drug-likeness (QED) is 0.349. The molecule has 0 aliphatic carbocycles.